The van der Waals surface area contributed by atoms with Crippen LogP contribution in [0.25, 0.3) is 0 Å². The number of aromatic nitrogens is 1. The van der Waals surface area contributed by atoms with Gasteiger partial charge in [0.15, 0.2) is 0 Å². The third-order valence-corrected chi connectivity index (χ3v) is 3.91. The monoisotopic (exact) mass is 277 g/mol. The molecule has 1 saturated heterocycles. The van der Waals surface area contributed by atoms with Crippen LogP contribution in [0.2, 0.25) is 0 Å². The van der Waals surface area contributed by atoms with E-state index in [1.54, 1.807) is 6.07 Å². The minimum Gasteiger partial charge on any atom is -0.464 e. The lowest BCUT2D eigenvalue weighted by Gasteiger charge is -2.40. The van der Waals surface area contributed by atoms with E-state index < -0.39 is 0 Å². The molecule has 1 aliphatic heterocycles. The van der Waals surface area contributed by atoms with Crippen molar-refractivity contribution in [2.75, 3.05) is 25.1 Å². The number of anilines is 1. The third kappa shape index (κ3) is 2.93. The van der Waals surface area contributed by atoms with Gasteiger partial charge in [0.1, 0.15) is 5.69 Å². The number of carbonyl (C=O) groups is 1. The summed E-state index contributed by atoms with van der Waals surface area (Å²) < 4.78 is 4.71. The first kappa shape index (κ1) is 14.8. The highest BCUT2D eigenvalue weighted by atomic mass is 16.5. The van der Waals surface area contributed by atoms with E-state index in [0.29, 0.717) is 17.8 Å². The van der Waals surface area contributed by atoms with Crippen molar-refractivity contribution in [2.45, 2.75) is 39.3 Å². The van der Waals surface area contributed by atoms with E-state index >= 15 is 0 Å². The van der Waals surface area contributed by atoms with Crippen LogP contribution in [0.1, 0.15) is 36.5 Å². The summed E-state index contributed by atoms with van der Waals surface area (Å²) in [6.07, 6.45) is 1.11. The fourth-order valence-corrected chi connectivity index (χ4v) is 2.61. The second-order valence-electron chi connectivity index (χ2n) is 5.31. The number of hydrogen-bond acceptors (Lipinski definition) is 5. The molecule has 0 bridgehead atoms. The Hall–Kier alpha value is -1.62. The van der Waals surface area contributed by atoms with Gasteiger partial charge in [0, 0.05) is 25.2 Å². The van der Waals surface area contributed by atoms with Crippen molar-refractivity contribution in [1.29, 1.82) is 0 Å². The lowest BCUT2D eigenvalue weighted by atomic mass is 10.1. The van der Waals surface area contributed by atoms with Crippen LogP contribution < -0.4 is 10.2 Å². The molecule has 1 aromatic rings. The molecule has 20 heavy (non-hydrogen) atoms. The normalized spacial score (nSPS) is 22.7. The minimum atomic E-state index is -0.389. The smallest absolute Gasteiger partial charge is 0.356 e. The molecule has 110 valence electrons. The van der Waals surface area contributed by atoms with Crippen LogP contribution in [-0.4, -0.2) is 43.2 Å². The van der Waals surface area contributed by atoms with E-state index in [2.05, 4.69) is 29.0 Å². The van der Waals surface area contributed by atoms with Crippen LogP contribution in [0.3, 0.4) is 0 Å². The zero-order valence-electron chi connectivity index (χ0n) is 12.6. The number of esters is 1. The molecule has 0 amide bonds. The van der Waals surface area contributed by atoms with Crippen molar-refractivity contribution < 1.29 is 9.53 Å². The van der Waals surface area contributed by atoms with Gasteiger partial charge in [-0.25, -0.2) is 9.78 Å². The first-order valence-electron chi connectivity index (χ1n) is 7.12. The Bertz CT molecular complexity index is 490. The molecule has 5 heteroatoms. The number of nitrogens with one attached hydrogen (secondary N) is 1. The van der Waals surface area contributed by atoms with Gasteiger partial charge in [0.25, 0.3) is 0 Å². The van der Waals surface area contributed by atoms with Gasteiger partial charge in [-0.2, -0.15) is 0 Å². The van der Waals surface area contributed by atoms with Crippen molar-refractivity contribution in [1.82, 2.24) is 10.3 Å². The van der Waals surface area contributed by atoms with Crippen molar-refractivity contribution in [3.05, 3.63) is 23.5 Å². The van der Waals surface area contributed by atoms with Gasteiger partial charge in [-0.1, -0.05) is 6.92 Å². The molecule has 1 fully saturated rings. The van der Waals surface area contributed by atoms with Gasteiger partial charge >= 0.3 is 5.97 Å². The molecule has 1 N–H and O–H groups in total. The summed E-state index contributed by atoms with van der Waals surface area (Å²) in [6.45, 7) is 8.27. The summed E-state index contributed by atoms with van der Waals surface area (Å²) >= 11 is 0. The number of pyridine rings is 1. The lowest BCUT2D eigenvalue weighted by molar-refractivity contribution is 0.0594. The van der Waals surface area contributed by atoms with Gasteiger partial charge in [-0.05, 0) is 32.4 Å². The van der Waals surface area contributed by atoms with Crippen molar-refractivity contribution >= 4 is 11.7 Å². The van der Waals surface area contributed by atoms with Gasteiger partial charge in [-0.3, -0.25) is 0 Å². The Morgan fingerprint density at radius 3 is 2.90 bits per heavy atom. The second kappa shape index (κ2) is 6.22. The zero-order chi connectivity index (χ0) is 14.7. The summed E-state index contributed by atoms with van der Waals surface area (Å²) in [5.74, 6) is -0.389. The van der Waals surface area contributed by atoms with Gasteiger partial charge < -0.3 is 15.0 Å². The molecule has 5 nitrogen and oxygen atoms in total. The molecule has 2 heterocycles. The van der Waals surface area contributed by atoms with E-state index in [-0.39, 0.29) is 5.97 Å². The average molecular weight is 277 g/mol. The van der Waals surface area contributed by atoms with Crippen LogP contribution in [0.4, 0.5) is 5.69 Å². The quantitative estimate of drug-likeness (QED) is 0.853. The standard InChI is InChI=1S/C15H23N3O2/c1-5-12-9-18(10(2)8-16-12)14-7-6-13(15(19)20-4)17-11(14)3/h6-7,10,12,16H,5,8-9H2,1-4H3/t10-,12+/m1/s1. The Kier molecular flexibility index (Phi) is 4.60. The number of nitrogens with zero attached hydrogens (tertiary/aromatic N) is 2. The van der Waals surface area contributed by atoms with Crippen molar-refractivity contribution in [3.8, 4) is 0 Å². The number of piperazine rings is 1. The van der Waals surface area contributed by atoms with E-state index in [4.69, 9.17) is 4.74 Å². The van der Waals surface area contributed by atoms with Gasteiger partial charge in [0.05, 0.1) is 18.5 Å². The number of ether oxygens (including phenoxy) is 1. The Morgan fingerprint density at radius 1 is 1.55 bits per heavy atom. The highest BCUT2D eigenvalue weighted by molar-refractivity contribution is 5.87. The maximum atomic E-state index is 11.5. The summed E-state index contributed by atoms with van der Waals surface area (Å²) in [6, 6.07) is 4.64. The fraction of sp³-hybridized carbons (Fsp3) is 0.600. The van der Waals surface area contributed by atoms with Crippen LogP contribution in [0, 0.1) is 6.92 Å². The lowest BCUT2D eigenvalue weighted by Crippen LogP contribution is -2.55. The maximum Gasteiger partial charge on any atom is 0.356 e. The summed E-state index contributed by atoms with van der Waals surface area (Å²) in [4.78, 5) is 18.2. The summed E-state index contributed by atoms with van der Waals surface area (Å²) in [7, 11) is 1.37. The molecular formula is C15H23N3O2. The molecule has 0 aliphatic carbocycles. The predicted octanol–water partition coefficient (Wildman–Crippen LogP) is 1.75. The molecule has 0 unspecified atom stereocenters. The summed E-state index contributed by atoms with van der Waals surface area (Å²) in [5.41, 5.74) is 2.34. The molecule has 2 atom stereocenters. The first-order valence-corrected chi connectivity index (χ1v) is 7.12. The average Bonchev–Trinajstić information content (AvgIpc) is 2.47. The van der Waals surface area contributed by atoms with Gasteiger partial charge in [0.2, 0.25) is 0 Å². The maximum absolute atomic E-state index is 11.5. The molecule has 0 spiro atoms. The highest BCUT2D eigenvalue weighted by Gasteiger charge is 2.25. The van der Waals surface area contributed by atoms with Gasteiger partial charge in [-0.15, -0.1) is 0 Å². The van der Waals surface area contributed by atoms with Crippen molar-refractivity contribution in [3.63, 3.8) is 0 Å². The molecule has 0 radical (unpaired) electrons. The first-order chi connectivity index (χ1) is 9.56. The molecule has 1 aliphatic rings. The predicted molar refractivity (Wildman–Crippen MR) is 79.2 cm³/mol. The number of aryl methyl sites for hydroxylation is 1. The Balaban J connectivity index is 2.25. The molecule has 1 aromatic heterocycles. The van der Waals surface area contributed by atoms with E-state index in [0.717, 1.165) is 30.9 Å². The third-order valence-electron chi connectivity index (χ3n) is 3.91. The molecule has 0 saturated carbocycles. The van der Waals surface area contributed by atoms with Crippen LogP contribution in [0.15, 0.2) is 12.1 Å². The summed E-state index contributed by atoms with van der Waals surface area (Å²) in [5, 5.41) is 3.54. The van der Waals surface area contributed by atoms with Crippen molar-refractivity contribution in [2.24, 2.45) is 0 Å². The number of carbonyl (C=O) groups excluding carboxylic acids is 1. The SMILES string of the molecule is CC[C@H]1CN(c2ccc(C(=O)OC)nc2C)[C@H](C)CN1. The molecule has 0 aromatic carbocycles. The van der Waals surface area contributed by atoms with Crippen LogP contribution in [0.5, 0.6) is 0 Å². The Morgan fingerprint density at radius 2 is 2.30 bits per heavy atom. The minimum absolute atomic E-state index is 0.364. The number of rotatable bonds is 3. The van der Waals surface area contributed by atoms with Crippen LogP contribution in [-0.2, 0) is 4.74 Å². The highest BCUT2D eigenvalue weighted by Crippen LogP contribution is 2.23. The fourth-order valence-electron chi connectivity index (χ4n) is 2.61. The zero-order valence-corrected chi connectivity index (χ0v) is 12.6. The van der Waals surface area contributed by atoms with Crippen LogP contribution >= 0.6 is 0 Å². The van der Waals surface area contributed by atoms with E-state index in [1.807, 2.05) is 13.0 Å². The number of methoxy groups -OCH3 is 1. The Labute approximate surface area is 120 Å². The largest absolute Gasteiger partial charge is 0.464 e. The molecule has 2 rings (SSSR count). The topological polar surface area (TPSA) is 54.5 Å². The van der Waals surface area contributed by atoms with E-state index in [1.165, 1.54) is 7.11 Å². The number of hydrogen-bond donors (Lipinski definition) is 1. The molecular weight excluding hydrogens is 254 g/mol. The second-order valence-corrected chi connectivity index (χ2v) is 5.31. The van der Waals surface area contributed by atoms with E-state index in [9.17, 15) is 4.79 Å².